The molecule has 1 fully saturated rings. The second-order valence-electron chi connectivity index (χ2n) is 7.01. The Labute approximate surface area is 159 Å². The molecule has 1 N–H and O–H groups in total. The molecule has 1 unspecified atom stereocenters. The van der Waals surface area contributed by atoms with E-state index in [9.17, 15) is 14.9 Å². The van der Waals surface area contributed by atoms with Crippen molar-refractivity contribution in [3.63, 3.8) is 0 Å². The maximum atomic E-state index is 12.4. The van der Waals surface area contributed by atoms with Crippen LogP contribution in [0, 0.1) is 10.1 Å². The van der Waals surface area contributed by atoms with Crippen molar-refractivity contribution in [1.29, 1.82) is 0 Å². The van der Waals surface area contributed by atoms with Crippen LogP contribution in [0.1, 0.15) is 48.0 Å². The Morgan fingerprint density at radius 1 is 1.19 bits per heavy atom. The number of nitro groups is 1. The van der Waals surface area contributed by atoms with E-state index in [0.717, 1.165) is 32.4 Å². The minimum absolute atomic E-state index is 0.00204. The predicted molar refractivity (Wildman–Crippen MR) is 106 cm³/mol. The zero-order valence-electron chi connectivity index (χ0n) is 15.6. The summed E-state index contributed by atoms with van der Waals surface area (Å²) in [7, 11) is 0. The highest BCUT2D eigenvalue weighted by Gasteiger charge is 2.23. The third kappa shape index (κ3) is 4.64. The molecule has 6 heteroatoms. The molecular weight excluding hydrogens is 342 g/mol. The molecule has 142 valence electrons. The first-order chi connectivity index (χ1) is 13.1. The number of benzene rings is 2. The molecule has 0 spiro atoms. The fraction of sp³-hybridized carbons (Fsp3) is 0.381. The molecule has 1 aliphatic heterocycles. The van der Waals surface area contributed by atoms with Crippen LogP contribution in [0.4, 0.5) is 11.4 Å². The number of rotatable bonds is 7. The first-order valence-corrected chi connectivity index (χ1v) is 9.43. The molecule has 2 aromatic rings. The molecule has 0 aliphatic carbocycles. The van der Waals surface area contributed by atoms with E-state index in [1.165, 1.54) is 11.6 Å². The molecule has 0 radical (unpaired) electrons. The van der Waals surface area contributed by atoms with Gasteiger partial charge in [0, 0.05) is 31.3 Å². The fourth-order valence-corrected chi connectivity index (χ4v) is 3.49. The average molecular weight is 367 g/mol. The van der Waals surface area contributed by atoms with Gasteiger partial charge in [0.05, 0.1) is 4.92 Å². The molecule has 3 rings (SSSR count). The highest BCUT2D eigenvalue weighted by atomic mass is 16.6. The molecule has 1 saturated heterocycles. The van der Waals surface area contributed by atoms with Gasteiger partial charge in [-0.15, -0.1) is 0 Å². The van der Waals surface area contributed by atoms with E-state index in [4.69, 9.17) is 0 Å². The lowest BCUT2D eigenvalue weighted by Gasteiger charge is -2.18. The van der Waals surface area contributed by atoms with Crippen LogP contribution in [-0.2, 0) is 0 Å². The van der Waals surface area contributed by atoms with E-state index in [1.54, 1.807) is 12.1 Å². The van der Waals surface area contributed by atoms with Gasteiger partial charge < -0.3 is 10.2 Å². The number of hydrogen-bond donors (Lipinski definition) is 1. The normalized spacial score (nSPS) is 14.8. The zero-order valence-corrected chi connectivity index (χ0v) is 15.6. The van der Waals surface area contributed by atoms with Gasteiger partial charge in [-0.1, -0.05) is 37.3 Å². The molecule has 1 amide bonds. The lowest BCUT2D eigenvalue weighted by atomic mass is 9.98. The summed E-state index contributed by atoms with van der Waals surface area (Å²) in [5.41, 5.74) is 2.17. The molecular formula is C21H25N3O3. The highest BCUT2D eigenvalue weighted by Crippen LogP contribution is 2.31. The third-order valence-corrected chi connectivity index (χ3v) is 5.11. The zero-order chi connectivity index (χ0) is 19.2. The van der Waals surface area contributed by atoms with E-state index < -0.39 is 4.92 Å². The lowest BCUT2D eigenvalue weighted by molar-refractivity contribution is -0.384. The Morgan fingerprint density at radius 3 is 2.56 bits per heavy atom. The maximum Gasteiger partial charge on any atom is 0.293 e. The van der Waals surface area contributed by atoms with Gasteiger partial charge in [0.2, 0.25) is 0 Å². The average Bonchev–Trinajstić information content (AvgIpc) is 3.22. The smallest absolute Gasteiger partial charge is 0.293 e. The van der Waals surface area contributed by atoms with Crippen molar-refractivity contribution < 1.29 is 9.72 Å². The van der Waals surface area contributed by atoms with Crippen molar-refractivity contribution in [3.05, 3.63) is 69.8 Å². The molecule has 27 heavy (non-hydrogen) atoms. The standard InChI is InChI=1S/C21H25N3O3/c1-16(17-7-3-2-4-8-17)11-12-22-21(25)18-9-10-19(20(15-18)24(26)27)23-13-5-6-14-23/h2-4,7-10,15-16H,5-6,11-14H2,1H3,(H,22,25). The Morgan fingerprint density at radius 2 is 1.89 bits per heavy atom. The molecule has 1 heterocycles. The Hall–Kier alpha value is -2.89. The van der Waals surface area contributed by atoms with E-state index >= 15 is 0 Å². The van der Waals surface area contributed by atoms with Crippen LogP contribution in [0.25, 0.3) is 0 Å². The number of anilines is 1. The second-order valence-corrected chi connectivity index (χ2v) is 7.01. The van der Waals surface area contributed by atoms with Gasteiger partial charge in [0.25, 0.3) is 11.6 Å². The van der Waals surface area contributed by atoms with E-state index in [1.807, 2.05) is 23.1 Å². The van der Waals surface area contributed by atoms with E-state index in [-0.39, 0.29) is 11.6 Å². The van der Waals surface area contributed by atoms with Gasteiger partial charge in [-0.2, -0.15) is 0 Å². The summed E-state index contributed by atoms with van der Waals surface area (Å²) < 4.78 is 0. The summed E-state index contributed by atoms with van der Waals surface area (Å²) in [5.74, 6) is 0.0599. The lowest BCUT2D eigenvalue weighted by Crippen LogP contribution is -2.26. The highest BCUT2D eigenvalue weighted by molar-refractivity contribution is 5.95. The van der Waals surface area contributed by atoms with Crippen molar-refractivity contribution in [2.24, 2.45) is 0 Å². The van der Waals surface area contributed by atoms with Crippen LogP contribution >= 0.6 is 0 Å². The van der Waals surface area contributed by atoms with E-state index in [2.05, 4.69) is 24.4 Å². The Balaban J connectivity index is 1.62. The van der Waals surface area contributed by atoms with Crippen molar-refractivity contribution in [2.75, 3.05) is 24.5 Å². The fourth-order valence-electron chi connectivity index (χ4n) is 3.49. The first kappa shape index (κ1) is 18.9. The van der Waals surface area contributed by atoms with Crippen molar-refractivity contribution in [2.45, 2.75) is 32.1 Å². The number of amides is 1. The van der Waals surface area contributed by atoms with Crippen LogP contribution in [-0.4, -0.2) is 30.5 Å². The van der Waals surface area contributed by atoms with Crippen LogP contribution in [0.2, 0.25) is 0 Å². The number of nitrogens with one attached hydrogen (secondary N) is 1. The van der Waals surface area contributed by atoms with Crippen LogP contribution in [0.15, 0.2) is 48.5 Å². The van der Waals surface area contributed by atoms with Gasteiger partial charge in [-0.05, 0) is 42.9 Å². The van der Waals surface area contributed by atoms with Crippen LogP contribution in [0.3, 0.4) is 0 Å². The molecule has 0 aromatic heterocycles. The molecule has 0 saturated carbocycles. The minimum atomic E-state index is -0.401. The number of carbonyl (C=O) groups excluding carboxylic acids is 1. The summed E-state index contributed by atoms with van der Waals surface area (Å²) in [5, 5.41) is 14.3. The van der Waals surface area contributed by atoms with Gasteiger partial charge in [-0.25, -0.2) is 0 Å². The van der Waals surface area contributed by atoms with Crippen LogP contribution < -0.4 is 10.2 Å². The van der Waals surface area contributed by atoms with E-state index in [0.29, 0.717) is 23.7 Å². The largest absolute Gasteiger partial charge is 0.366 e. The monoisotopic (exact) mass is 367 g/mol. The summed E-state index contributed by atoms with van der Waals surface area (Å²) >= 11 is 0. The third-order valence-electron chi connectivity index (χ3n) is 5.11. The summed E-state index contributed by atoms with van der Waals surface area (Å²) in [6.45, 7) is 4.29. The number of nitrogens with zero attached hydrogens (tertiary/aromatic N) is 2. The SMILES string of the molecule is CC(CCNC(=O)c1ccc(N2CCCC2)c([N+](=O)[O-])c1)c1ccccc1. The predicted octanol–water partition coefficient (Wildman–Crippen LogP) is 4.12. The molecule has 0 bridgehead atoms. The van der Waals surface area contributed by atoms with Gasteiger partial charge >= 0.3 is 0 Å². The Kier molecular flexibility index (Phi) is 6.06. The number of nitro benzene ring substituents is 1. The molecule has 6 nitrogen and oxygen atoms in total. The maximum absolute atomic E-state index is 12.4. The summed E-state index contributed by atoms with van der Waals surface area (Å²) in [6, 6.07) is 14.9. The Bertz CT molecular complexity index is 802. The molecule has 2 aromatic carbocycles. The number of carbonyl (C=O) groups is 1. The molecule has 1 aliphatic rings. The quantitative estimate of drug-likeness (QED) is 0.590. The van der Waals surface area contributed by atoms with Crippen LogP contribution in [0.5, 0.6) is 0 Å². The van der Waals surface area contributed by atoms with Crippen molar-refractivity contribution >= 4 is 17.3 Å². The topological polar surface area (TPSA) is 75.5 Å². The number of hydrogen-bond acceptors (Lipinski definition) is 4. The summed E-state index contributed by atoms with van der Waals surface area (Å²) in [6.07, 6.45) is 2.89. The van der Waals surface area contributed by atoms with Gasteiger partial charge in [0.1, 0.15) is 5.69 Å². The summed E-state index contributed by atoms with van der Waals surface area (Å²) in [4.78, 5) is 25.5. The first-order valence-electron chi connectivity index (χ1n) is 9.43. The van der Waals surface area contributed by atoms with Crippen molar-refractivity contribution in [1.82, 2.24) is 5.32 Å². The van der Waals surface area contributed by atoms with Gasteiger partial charge in [0.15, 0.2) is 0 Å². The van der Waals surface area contributed by atoms with Gasteiger partial charge in [-0.3, -0.25) is 14.9 Å². The molecule has 1 atom stereocenters. The second kappa shape index (κ2) is 8.66. The van der Waals surface area contributed by atoms with Crippen molar-refractivity contribution in [3.8, 4) is 0 Å². The minimum Gasteiger partial charge on any atom is -0.366 e.